The second-order valence-corrected chi connectivity index (χ2v) is 7.57. The molecule has 1 saturated heterocycles. The highest BCUT2D eigenvalue weighted by atomic mass is 35.5. The Labute approximate surface area is 160 Å². The summed E-state index contributed by atoms with van der Waals surface area (Å²) in [6.07, 6.45) is 2.59. The van der Waals surface area contributed by atoms with E-state index in [9.17, 15) is 5.26 Å². The topological polar surface area (TPSA) is 30.3 Å². The molecule has 1 aliphatic carbocycles. The first kappa shape index (κ1) is 17.3. The largest absolute Gasteiger partial charge is 0.304 e. The fourth-order valence-electron chi connectivity index (χ4n) is 4.17. The van der Waals surface area contributed by atoms with Crippen molar-refractivity contribution in [2.45, 2.75) is 12.5 Å². The lowest BCUT2D eigenvalue weighted by Crippen LogP contribution is -2.46. The van der Waals surface area contributed by atoms with Crippen LogP contribution in [0.4, 0.5) is 0 Å². The van der Waals surface area contributed by atoms with Crippen molar-refractivity contribution in [2.75, 3.05) is 33.2 Å². The summed E-state index contributed by atoms with van der Waals surface area (Å²) in [6.45, 7) is 4.29. The van der Waals surface area contributed by atoms with Gasteiger partial charge in [-0.3, -0.25) is 4.90 Å². The van der Waals surface area contributed by atoms with Crippen molar-refractivity contribution in [3.05, 3.63) is 75.8 Å². The van der Waals surface area contributed by atoms with E-state index < -0.39 is 0 Å². The maximum atomic E-state index is 9.39. The number of allylic oxidation sites excluding steroid dienone is 1. The molecule has 2 aromatic rings. The molecule has 0 spiro atoms. The summed E-state index contributed by atoms with van der Waals surface area (Å²) in [5, 5.41) is 10.1. The number of nitriles is 1. The third kappa shape index (κ3) is 3.17. The van der Waals surface area contributed by atoms with Gasteiger partial charge < -0.3 is 4.90 Å². The Balaban J connectivity index is 1.87. The maximum absolute atomic E-state index is 9.39. The molecule has 2 aromatic carbocycles. The van der Waals surface area contributed by atoms with Gasteiger partial charge in [0, 0.05) is 43.3 Å². The average Bonchev–Trinajstić information content (AvgIpc) is 2.78. The van der Waals surface area contributed by atoms with E-state index >= 15 is 0 Å². The van der Waals surface area contributed by atoms with Gasteiger partial charge >= 0.3 is 0 Å². The van der Waals surface area contributed by atoms with E-state index in [0.717, 1.165) is 48.8 Å². The molecule has 1 aliphatic heterocycles. The van der Waals surface area contributed by atoms with Crippen molar-refractivity contribution >= 4 is 17.2 Å². The third-order valence-electron chi connectivity index (χ3n) is 5.57. The number of nitrogens with zero attached hydrogens (tertiary/aromatic N) is 3. The number of fused-ring (bicyclic) bond motifs is 2. The standard InChI is InChI=1S/C22H22ClN3/c1-25-10-12-26(13-11-25)22-15-16-14-17(23)6-7-18(16)20(8-9-24)19-4-2-3-5-21(19)22/h2-8,14,22H,10-13,15H2,1H3. The van der Waals surface area contributed by atoms with Crippen LogP contribution in [0, 0.1) is 11.3 Å². The molecule has 1 heterocycles. The number of hydrogen-bond donors (Lipinski definition) is 0. The molecule has 26 heavy (non-hydrogen) atoms. The molecular weight excluding hydrogens is 342 g/mol. The zero-order valence-electron chi connectivity index (χ0n) is 15.0. The van der Waals surface area contributed by atoms with E-state index in [1.54, 1.807) is 6.08 Å². The van der Waals surface area contributed by atoms with Crippen molar-refractivity contribution < 1.29 is 0 Å². The zero-order valence-corrected chi connectivity index (χ0v) is 15.7. The van der Waals surface area contributed by atoms with Gasteiger partial charge in [-0.15, -0.1) is 0 Å². The van der Waals surface area contributed by atoms with Crippen LogP contribution in [0.25, 0.3) is 5.57 Å². The Morgan fingerprint density at radius 2 is 1.85 bits per heavy atom. The van der Waals surface area contributed by atoms with Crippen LogP contribution in [0.5, 0.6) is 0 Å². The summed E-state index contributed by atoms with van der Waals surface area (Å²) in [4.78, 5) is 4.96. The molecule has 0 bridgehead atoms. The molecule has 3 nitrogen and oxygen atoms in total. The summed E-state index contributed by atoms with van der Waals surface area (Å²) in [7, 11) is 2.18. The Morgan fingerprint density at radius 1 is 1.08 bits per heavy atom. The molecule has 0 saturated carbocycles. The number of halogens is 1. The highest BCUT2D eigenvalue weighted by Gasteiger charge is 2.30. The van der Waals surface area contributed by atoms with Gasteiger partial charge in [0.2, 0.25) is 0 Å². The molecule has 0 aromatic heterocycles. The third-order valence-corrected chi connectivity index (χ3v) is 5.80. The molecular formula is C22H22ClN3. The molecule has 4 heteroatoms. The van der Waals surface area contributed by atoms with E-state index in [1.165, 1.54) is 16.7 Å². The molecule has 2 aliphatic rings. The lowest BCUT2D eigenvalue weighted by Gasteiger charge is -2.38. The van der Waals surface area contributed by atoms with Crippen LogP contribution < -0.4 is 0 Å². The van der Waals surface area contributed by atoms with Crippen LogP contribution in [-0.2, 0) is 6.42 Å². The van der Waals surface area contributed by atoms with Gasteiger partial charge in [0.05, 0.1) is 6.07 Å². The minimum absolute atomic E-state index is 0.307. The fraction of sp³-hybridized carbons (Fsp3) is 0.318. The summed E-state index contributed by atoms with van der Waals surface area (Å²) in [5.41, 5.74) is 5.83. The van der Waals surface area contributed by atoms with Crippen LogP contribution in [0.15, 0.2) is 48.5 Å². The Morgan fingerprint density at radius 3 is 2.62 bits per heavy atom. The van der Waals surface area contributed by atoms with Gasteiger partial charge in [-0.25, -0.2) is 0 Å². The highest BCUT2D eigenvalue weighted by Crippen LogP contribution is 2.40. The summed E-state index contributed by atoms with van der Waals surface area (Å²) < 4.78 is 0. The number of likely N-dealkylation sites (N-methyl/N-ethyl adjacent to an activating group) is 1. The molecule has 132 valence electrons. The van der Waals surface area contributed by atoms with Crippen molar-refractivity contribution in [3.8, 4) is 6.07 Å². The van der Waals surface area contributed by atoms with E-state index in [4.69, 9.17) is 11.6 Å². The number of rotatable bonds is 1. The van der Waals surface area contributed by atoms with Crippen LogP contribution in [-0.4, -0.2) is 43.0 Å². The number of benzene rings is 2. The van der Waals surface area contributed by atoms with Gasteiger partial charge in [0.15, 0.2) is 0 Å². The van der Waals surface area contributed by atoms with Crippen LogP contribution in [0.2, 0.25) is 5.02 Å². The van der Waals surface area contributed by atoms with E-state index in [0.29, 0.717) is 6.04 Å². The molecule has 0 amide bonds. The quantitative estimate of drug-likeness (QED) is 0.713. The van der Waals surface area contributed by atoms with Gasteiger partial charge in [-0.2, -0.15) is 5.26 Å². The summed E-state index contributed by atoms with van der Waals surface area (Å²) >= 11 is 6.31. The fourth-order valence-corrected chi connectivity index (χ4v) is 4.36. The first-order chi connectivity index (χ1) is 12.7. The maximum Gasteiger partial charge on any atom is 0.0918 e. The molecule has 1 unspecified atom stereocenters. The monoisotopic (exact) mass is 363 g/mol. The van der Waals surface area contributed by atoms with Gasteiger partial charge in [0.25, 0.3) is 0 Å². The minimum Gasteiger partial charge on any atom is -0.304 e. The highest BCUT2D eigenvalue weighted by molar-refractivity contribution is 6.30. The molecule has 4 rings (SSSR count). The molecule has 1 atom stereocenters. The van der Waals surface area contributed by atoms with Crippen LogP contribution in [0.3, 0.4) is 0 Å². The average molecular weight is 364 g/mol. The first-order valence-corrected chi connectivity index (χ1v) is 9.45. The number of piperazine rings is 1. The van der Waals surface area contributed by atoms with Gasteiger partial charge in [-0.05, 0) is 53.4 Å². The van der Waals surface area contributed by atoms with E-state index in [1.807, 2.05) is 6.07 Å². The van der Waals surface area contributed by atoms with Gasteiger partial charge in [0.1, 0.15) is 0 Å². The predicted molar refractivity (Wildman–Crippen MR) is 106 cm³/mol. The van der Waals surface area contributed by atoms with Crippen molar-refractivity contribution in [2.24, 2.45) is 0 Å². The first-order valence-electron chi connectivity index (χ1n) is 9.08. The molecule has 1 fully saturated rings. The number of hydrogen-bond acceptors (Lipinski definition) is 3. The minimum atomic E-state index is 0.307. The molecule has 0 radical (unpaired) electrons. The van der Waals surface area contributed by atoms with Crippen LogP contribution >= 0.6 is 11.6 Å². The van der Waals surface area contributed by atoms with Gasteiger partial charge in [-0.1, -0.05) is 41.9 Å². The predicted octanol–water partition coefficient (Wildman–Crippen LogP) is 4.14. The SMILES string of the molecule is CN1CCN(C2Cc3cc(Cl)ccc3C(=CC#N)c3ccccc32)CC1. The lowest BCUT2D eigenvalue weighted by molar-refractivity contribution is 0.111. The second-order valence-electron chi connectivity index (χ2n) is 7.13. The van der Waals surface area contributed by atoms with E-state index in [2.05, 4.69) is 59.3 Å². The summed E-state index contributed by atoms with van der Waals surface area (Å²) in [5.74, 6) is 0. The smallest absolute Gasteiger partial charge is 0.0918 e. The zero-order chi connectivity index (χ0) is 18.1. The summed E-state index contributed by atoms with van der Waals surface area (Å²) in [6, 6.07) is 17.1. The molecule has 0 N–H and O–H groups in total. The Hall–Kier alpha value is -2.12. The van der Waals surface area contributed by atoms with E-state index in [-0.39, 0.29) is 0 Å². The van der Waals surface area contributed by atoms with Crippen LogP contribution in [0.1, 0.15) is 28.3 Å². The van der Waals surface area contributed by atoms with Crippen molar-refractivity contribution in [1.29, 1.82) is 5.26 Å². The van der Waals surface area contributed by atoms with Crippen molar-refractivity contribution in [3.63, 3.8) is 0 Å². The lowest BCUT2D eigenvalue weighted by atomic mass is 9.93. The van der Waals surface area contributed by atoms with Crippen molar-refractivity contribution in [1.82, 2.24) is 9.80 Å². The normalized spacial score (nSPS) is 22.3. The Kier molecular flexibility index (Phi) is 4.82. The second kappa shape index (κ2) is 7.25. The Bertz CT molecular complexity index is 889.